The zero-order valence-corrected chi connectivity index (χ0v) is 18.4. The molecule has 1 unspecified atom stereocenters. The van der Waals surface area contributed by atoms with Crippen molar-refractivity contribution >= 4 is 17.6 Å². The minimum Gasteiger partial charge on any atom is -0.338 e. The minimum absolute atomic E-state index is 0.0184. The Morgan fingerprint density at radius 3 is 2.88 bits per heavy atom. The van der Waals surface area contributed by atoms with Gasteiger partial charge >= 0.3 is 0 Å². The summed E-state index contributed by atoms with van der Waals surface area (Å²) in [6.45, 7) is 3.35. The number of rotatable bonds is 4. The average Bonchev–Trinajstić information content (AvgIpc) is 3.15. The van der Waals surface area contributed by atoms with E-state index in [1.165, 1.54) is 12.1 Å². The van der Waals surface area contributed by atoms with Crippen LogP contribution in [0.5, 0.6) is 0 Å². The Bertz CT molecular complexity index is 1220. The number of pyridine rings is 1. The van der Waals surface area contributed by atoms with Crippen LogP contribution in [0, 0.1) is 12.7 Å². The van der Waals surface area contributed by atoms with E-state index in [-0.39, 0.29) is 36.5 Å². The SMILES string of the molecule is Cc1nc(C2CCCN(C(=O)c3cccnc3)C2)nc2c1CC(=O)N2Cc1cccc(F)c1. The van der Waals surface area contributed by atoms with Crippen molar-refractivity contribution in [3.63, 3.8) is 0 Å². The van der Waals surface area contributed by atoms with Gasteiger partial charge in [-0.25, -0.2) is 14.4 Å². The predicted molar refractivity (Wildman–Crippen MR) is 120 cm³/mol. The first kappa shape index (κ1) is 21.2. The standard InChI is InChI=1S/C25H24FN5O2/c1-16-21-12-22(32)31(14-17-5-2-8-20(26)11-17)24(21)29-23(28-16)19-7-4-10-30(15-19)25(33)18-6-3-9-27-13-18/h2-3,5-6,8-9,11,13,19H,4,7,10,12,14-15H2,1H3. The van der Waals surface area contributed by atoms with Crippen LogP contribution in [0.15, 0.2) is 48.8 Å². The van der Waals surface area contributed by atoms with Crippen molar-refractivity contribution in [1.82, 2.24) is 19.9 Å². The summed E-state index contributed by atoms with van der Waals surface area (Å²) < 4.78 is 13.7. The molecule has 0 aliphatic carbocycles. The minimum atomic E-state index is -0.334. The Balaban J connectivity index is 1.41. The molecule has 2 aliphatic heterocycles. The second-order valence-electron chi connectivity index (χ2n) is 8.59. The van der Waals surface area contributed by atoms with Crippen LogP contribution in [0.4, 0.5) is 10.2 Å². The third-order valence-electron chi connectivity index (χ3n) is 6.31. The van der Waals surface area contributed by atoms with Crippen LogP contribution in [-0.2, 0) is 17.8 Å². The maximum absolute atomic E-state index is 13.7. The number of nitrogens with zero attached hydrogens (tertiary/aromatic N) is 5. The quantitative estimate of drug-likeness (QED) is 0.615. The van der Waals surface area contributed by atoms with Crippen LogP contribution in [0.25, 0.3) is 0 Å². The van der Waals surface area contributed by atoms with E-state index in [9.17, 15) is 14.0 Å². The Morgan fingerprint density at radius 2 is 2.09 bits per heavy atom. The molecule has 4 heterocycles. The van der Waals surface area contributed by atoms with E-state index < -0.39 is 0 Å². The maximum Gasteiger partial charge on any atom is 0.255 e. The summed E-state index contributed by atoms with van der Waals surface area (Å²) in [6, 6.07) is 9.78. The number of halogens is 1. The highest BCUT2D eigenvalue weighted by Crippen LogP contribution is 2.33. The summed E-state index contributed by atoms with van der Waals surface area (Å²) in [5.41, 5.74) is 2.87. The number of amides is 2. The lowest BCUT2D eigenvalue weighted by molar-refractivity contribution is -0.117. The van der Waals surface area contributed by atoms with E-state index in [1.807, 2.05) is 11.8 Å². The topological polar surface area (TPSA) is 79.3 Å². The smallest absolute Gasteiger partial charge is 0.255 e. The zero-order chi connectivity index (χ0) is 22.9. The summed E-state index contributed by atoms with van der Waals surface area (Å²) in [5, 5.41) is 0. The normalized spacial score (nSPS) is 17.9. The lowest BCUT2D eigenvalue weighted by Crippen LogP contribution is -2.39. The summed E-state index contributed by atoms with van der Waals surface area (Å²) >= 11 is 0. The summed E-state index contributed by atoms with van der Waals surface area (Å²) in [7, 11) is 0. The lowest BCUT2D eigenvalue weighted by atomic mass is 9.96. The summed E-state index contributed by atoms with van der Waals surface area (Å²) in [5.74, 6) is 0.778. The van der Waals surface area contributed by atoms with Gasteiger partial charge in [-0.3, -0.25) is 19.5 Å². The second-order valence-corrected chi connectivity index (χ2v) is 8.59. The van der Waals surface area contributed by atoms with Crippen molar-refractivity contribution in [3.8, 4) is 0 Å². The highest BCUT2D eigenvalue weighted by Gasteiger charge is 2.34. The molecule has 2 amide bonds. The predicted octanol–water partition coefficient (Wildman–Crippen LogP) is 3.43. The average molecular weight is 445 g/mol. The number of benzene rings is 1. The molecule has 168 valence electrons. The van der Waals surface area contributed by atoms with Gasteiger partial charge in [-0.15, -0.1) is 0 Å². The summed E-state index contributed by atoms with van der Waals surface area (Å²) in [6.07, 6.45) is 5.19. The van der Waals surface area contributed by atoms with E-state index >= 15 is 0 Å². The molecule has 1 atom stereocenters. The van der Waals surface area contributed by atoms with Crippen LogP contribution >= 0.6 is 0 Å². The molecule has 2 aliphatic rings. The molecule has 1 fully saturated rings. The van der Waals surface area contributed by atoms with Gasteiger partial charge in [-0.1, -0.05) is 12.1 Å². The van der Waals surface area contributed by atoms with Crippen LogP contribution in [0.2, 0.25) is 0 Å². The first-order chi connectivity index (χ1) is 16.0. The third kappa shape index (κ3) is 4.20. The number of anilines is 1. The van der Waals surface area contributed by atoms with Crippen molar-refractivity contribution in [2.24, 2.45) is 0 Å². The van der Waals surface area contributed by atoms with Crippen LogP contribution in [-0.4, -0.2) is 44.8 Å². The van der Waals surface area contributed by atoms with Crippen molar-refractivity contribution in [2.45, 2.75) is 38.6 Å². The Kier molecular flexibility index (Phi) is 5.58. The molecule has 5 rings (SSSR count). The number of aryl methyl sites for hydroxylation is 1. The zero-order valence-electron chi connectivity index (χ0n) is 18.4. The molecule has 0 saturated carbocycles. The highest BCUT2D eigenvalue weighted by atomic mass is 19.1. The molecule has 2 aromatic heterocycles. The van der Waals surface area contributed by atoms with E-state index in [1.54, 1.807) is 41.6 Å². The van der Waals surface area contributed by atoms with Gasteiger partial charge < -0.3 is 4.90 Å². The Morgan fingerprint density at radius 1 is 1.21 bits per heavy atom. The van der Waals surface area contributed by atoms with Gasteiger partial charge in [0.25, 0.3) is 5.91 Å². The largest absolute Gasteiger partial charge is 0.338 e. The molecule has 1 saturated heterocycles. The number of aromatic nitrogens is 3. The number of carbonyl (C=O) groups is 2. The maximum atomic E-state index is 13.7. The van der Waals surface area contributed by atoms with Crippen LogP contribution in [0.1, 0.15) is 51.8 Å². The molecule has 33 heavy (non-hydrogen) atoms. The molecule has 7 nitrogen and oxygen atoms in total. The first-order valence-corrected chi connectivity index (χ1v) is 11.1. The molecule has 0 N–H and O–H groups in total. The fraction of sp³-hybridized carbons (Fsp3) is 0.320. The molecule has 0 radical (unpaired) electrons. The molecule has 3 aromatic rings. The number of carbonyl (C=O) groups excluding carboxylic acids is 2. The number of hydrogen-bond acceptors (Lipinski definition) is 5. The second kappa shape index (κ2) is 8.69. The highest BCUT2D eigenvalue weighted by molar-refractivity contribution is 6.00. The van der Waals surface area contributed by atoms with E-state index in [0.717, 1.165) is 24.1 Å². The number of hydrogen-bond donors (Lipinski definition) is 0. The van der Waals surface area contributed by atoms with E-state index in [0.29, 0.717) is 35.9 Å². The lowest BCUT2D eigenvalue weighted by Gasteiger charge is -2.32. The van der Waals surface area contributed by atoms with Gasteiger partial charge in [0.2, 0.25) is 5.91 Å². The van der Waals surface area contributed by atoms with Crippen molar-refractivity contribution < 1.29 is 14.0 Å². The van der Waals surface area contributed by atoms with Gasteiger partial charge in [0.1, 0.15) is 17.5 Å². The fourth-order valence-electron chi connectivity index (χ4n) is 4.60. The summed E-state index contributed by atoms with van der Waals surface area (Å²) in [4.78, 5) is 42.7. The molecule has 8 heteroatoms. The van der Waals surface area contributed by atoms with E-state index in [4.69, 9.17) is 9.97 Å². The van der Waals surface area contributed by atoms with Crippen LogP contribution < -0.4 is 4.90 Å². The van der Waals surface area contributed by atoms with Crippen molar-refractivity contribution in [2.75, 3.05) is 18.0 Å². The third-order valence-corrected chi connectivity index (χ3v) is 6.31. The molecule has 1 aromatic carbocycles. The number of fused-ring (bicyclic) bond motifs is 1. The molecule has 0 bridgehead atoms. The van der Waals surface area contributed by atoms with Gasteiger partial charge in [0, 0.05) is 42.7 Å². The Labute approximate surface area is 191 Å². The van der Waals surface area contributed by atoms with E-state index in [2.05, 4.69) is 4.98 Å². The van der Waals surface area contributed by atoms with Gasteiger partial charge in [0.15, 0.2) is 0 Å². The molecule has 0 spiro atoms. The monoisotopic (exact) mass is 445 g/mol. The van der Waals surface area contributed by atoms with Crippen LogP contribution in [0.3, 0.4) is 0 Å². The van der Waals surface area contributed by atoms with Crippen molar-refractivity contribution in [1.29, 1.82) is 0 Å². The number of piperidine rings is 1. The first-order valence-electron chi connectivity index (χ1n) is 11.1. The molecular formula is C25H24FN5O2. The fourth-order valence-corrected chi connectivity index (χ4v) is 4.60. The number of likely N-dealkylation sites (tertiary alicyclic amines) is 1. The van der Waals surface area contributed by atoms with Gasteiger partial charge in [0.05, 0.1) is 18.5 Å². The Hall–Kier alpha value is -3.68. The van der Waals surface area contributed by atoms with Gasteiger partial charge in [-0.05, 0) is 49.6 Å². The molecular weight excluding hydrogens is 421 g/mol. The van der Waals surface area contributed by atoms with Crippen molar-refractivity contribution in [3.05, 3.63) is 82.8 Å². The van der Waals surface area contributed by atoms with Gasteiger partial charge in [-0.2, -0.15) is 0 Å².